The number of hydrogen-bond acceptors (Lipinski definition) is 4. The molecule has 1 unspecified atom stereocenters. The number of nitrogens with two attached hydrogens (primary N) is 1. The SMILES string of the molecule is NC(CO)CSc1ccc(Br)cn1. The maximum Gasteiger partial charge on any atom is 0.0961 e. The van der Waals surface area contributed by atoms with Crippen LogP contribution in [0.5, 0.6) is 0 Å². The van der Waals surface area contributed by atoms with Crippen LogP contribution in [-0.2, 0) is 0 Å². The lowest BCUT2D eigenvalue weighted by atomic mass is 10.4. The van der Waals surface area contributed by atoms with Gasteiger partial charge in [0.15, 0.2) is 0 Å². The average Bonchev–Trinajstić information content (AvgIpc) is 2.16. The van der Waals surface area contributed by atoms with Crippen LogP contribution in [0.15, 0.2) is 27.8 Å². The Morgan fingerprint density at radius 3 is 2.92 bits per heavy atom. The number of hydrogen-bond donors (Lipinski definition) is 2. The van der Waals surface area contributed by atoms with E-state index < -0.39 is 0 Å². The standard InChI is InChI=1S/C8H11BrN2OS/c9-6-1-2-8(11-3-6)13-5-7(10)4-12/h1-3,7,12H,4-5,10H2. The monoisotopic (exact) mass is 262 g/mol. The highest BCUT2D eigenvalue weighted by atomic mass is 79.9. The number of aliphatic hydroxyl groups excluding tert-OH is 1. The number of aromatic nitrogens is 1. The minimum Gasteiger partial charge on any atom is -0.395 e. The van der Waals surface area contributed by atoms with E-state index in [2.05, 4.69) is 20.9 Å². The van der Waals surface area contributed by atoms with Crippen molar-refractivity contribution in [2.75, 3.05) is 12.4 Å². The van der Waals surface area contributed by atoms with Gasteiger partial charge in [-0.15, -0.1) is 11.8 Å². The third-order valence-electron chi connectivity index (χ3n) is 1.38. The lowest BCUT2D eigenvalue weighted by molar-refractivity contribution is 0.275. The van der Waals surface area contributed by atoms with Crippen LogP contribution in [0.25, 0.3) is 0 Å². The molecule has 3 nitrogen and oxygen atoms in total. The Hall–Kier alpha value is -0.100. The topological polar surface area (TPSA) is 59.1 Å². The van der Waals surface area contributed by atoms with Gasteiger partial charge < -0.3 is 10.8 Å². The van der Waals surface area contributed by atoms with Crippen molar-refractivity contribution in [2.24, 2.45) is 5.73 Å². The first-order valence-electron chi connectivity index (χ1n) is 3.83. The minimum absolute atomic E-state index is 0.0174. The molecule has 3 N–H and O–H groups in total. The molecule has 0 saturated carbocycles. The van der Waals surface area contributed by atoms with Crippen molar-refractivity contribution in [3.05, 3.63) is 22.8 Å². The molecule has 0 bridgehead atoms. The van der Waals surface area contributed by atoms with E-state index in [0.717, 1.165) is 9.50 Å². The third-order valence-corrected chi connectivity index (χ3v) is 2.98. The second-order valence-electron chi connectivity index (χ2n) is 2.57. The molecule has 1 aromatic heterocycles. The van der Waals surface area contributed by atoms with Gasteiger partial charge in [0.05, 0.1) is 11.6 Å². The molecule has 0 radical (unpaired) electrons. The predicted octanol–water partition coefficient (Wildman–Crippen LogP) is 1.26. The Morgan fingerprint density at radius 2 is 2.38 bits per heavy atom. The van der Waals surface area contributed by atoms with E-state index in [0.29, 0.717) is 5.75 Å². The van der Waals surface area contributed by atoms with Crippen molar-refractivity contribution in [3.63, 3.8) is 0 Å². The number of nitrogens with zero attached hydrogens (tertiary/aromatic N) is 1. The molecule has 0 fully saturated rings. The van der Waals surface area contributed by atoms with Gasteiger partial charge in [-0.2, -0.15) is 0 Å². The maximum absolute atomic E-state index is 8.69. The predicted molar refractivity (Wildman–Crippen MR) is 57.7 cm³/mol. The van der Waals surface area contributed by atoms with Crippen molar-refractivity contribution in [1.29, 1.82) is 0 Å². The van der Waals surface area contributed by atoms with E-state index in [-0.39, 0.29) is 12.6 Å². The second kappa shape index (κ2) is 5.59. The molecule has 0 saturated heterocycles. The summed E-state index contributed by atoms with van der Waals surface area (Å²) in [6.45, 7) is 0.0174. The van der Waals surface area contributed by atoms with E-state index in [1.165, 1.54) is 0 Å². The zero-order chi connectivity index (χ0) is 9.68. The average molecular weight is 263 g/mol. The Morgan fingerprint density at radius 1 is 1.62 bits per heavy atom. The Labute approximate surface area is 89.9 Å². The van der Waals surface area contributed by atoms with E-state index in [1.807, 2.05) is 12.1 Å². The lowest BCUT2D eigenvalue weighted by Gasteiger charge is -2.06. The summed E-state index contributed by atoms with van der Waals surface area (Å²) in [4.78, 5) is 4.16. The van der Waals surface area contributed by atoms with Crippen LogP contribution < -0.4 is 5.73 Å². The van der Waals surface area contributed by atoms with E-state index in [9.17, 15) is 0 Å². The first-order chi connectivity index (χ1) is 6.22. The maximum atomic E-state index is 8.69. The Balaban J connectivity index is 2.41. The van der Waals surface area contributed by atoms with Crippen molar-refractivity contribution >= 4 is 27.7 Å². The molecule has 0 amide bonds. The number of rotatable bonds is 4. The summed E-state index contributed by atoms with van der Waals surface area (Å²) in [5.41, 5.74) is 5.54. The highest BCUT2D eigenvalue weighted by Crippen LogP contribution is 2.17. The van der Waals surface area contributed by atoms with Crippen molar-refractivity contribution in [1.82, 2.24) is 4.98 Å². The molecular formula is C8H11BrN2OS. The van der Waals surface area contributed by atoms with Gasteiger partial charge in [0, 0.05) is 22.5 Å². The summed E-state index contributed by atoms with van der Waals surface area (Å²) >= 11 is 4.85. The van der Waals surface area contributed by atoms with Gasteiger partial charge in [0.2, 0.25) is 0 Å². The van der Waals surface area contributed by atoms with Crippen LogP contribution in [0.4, 0.5) is 0 Å². The highest BCUT2D eigenvalue weighted by molar-refractivity contribution is 9.10. The van der Waals surface area contributed by atoms with Crippen molar-refractivity contribution < 1.29 is 5.11 Å². The van der Waals surface area contributed by atoms with E-state index in [1.54, 1.807) is 18.0 Å². The first kappa shape index (κ1) is 11.0. The van der Waals surface area contributed by atoms with Crippen LogP contribution in [0.3, 0.4) is 0 Å². The second-order valence-corrected chi connectivity index (χ2v) is 4.52. The van der Waals surface area contributed by atoms with Gasteiger partial charge in [0.25, 0.3) is 0 Å². The van der Waals surface area contributed by atoms with Crippen LogP contribution in [0.2, 0.25) is 0 Å². The molecule has 1 aromatic rings. The van der Waals surface area contributed by atoms with Gasteiger partial charge in [0.1, 0.15) is 0 Å². The molecule has 1 heterocycles. The largest absolute Gasteiger partial charge is 0.395 e. The normalized spacial score (nSPS) is 12.8. The van der Waals surface area contributed by atoms with Crippen LogP contribution in [0.1, 0.15) is 0 Å². The zero-order valence-electron chi connectivity index (χ0n) is 6.98. The molecule has 0 aliphatic heterocycles. The highest BCUT2D eigenvalue weighted by Gasteiger charge is 2.01. The zero-order valence-corrected chi connectivity index (χ0v) is 9.38. The number of pyridine rings is 1. The summed E-state index contributed by atoms with van der Waals surface area (Å²) in [6, 6.07) is 3.67. The molecule has 1 atom stereocenters. The Bertz CT molecular complexity index is 255. The molecule has 0 spiro atoms. The fourth-order valence-corrected chi connectivity index (χ4v) is 1.71. The molecule has 1 rings (SSSR count). The summed E-state index contributed by atoms with van der Waals surface area (Å²) in [5, 5.41) is 9.61. The molecule has 0 aliphatic carbocycles. The van der Waals surface area contributed by atoms with Gasteiger partial charge in [-0.3, -0.25) is 0 Å². The fraction of sp³-hybridized carbons (Fsp3) is 0.375. The van der Waals surface area contributed by atoms with Crippen LogP contribution in [-0.4, -0.2) is 28.5 Å². The van der Waals surface area contributed by atoms with Crippen molar-refractivity contribution in [2.45, 2.75) is 11.1 Å². The van der Waals surface area contributed by atoms with Crippen molar-refractivity contribution in [3.8, 4) is 0 Å². The van der Waals surface area contributed by atoms with Crippen LogP contribution >= 0.6 is 27.7 Å². The van der Waals surface area contributed by atoms with Gasteiger partial charge in [-0.1, -0.05) is 0 Å². The minimum atomic E-state index is -0.171. The van der Waals surface area contributed by atoms with Crippen LogP contribution in [0, 0.1) is 0 Å². The first-order valence-corrected chi connectivity index (χ1v) is 5.61. The third kappa shape index (κ3) is 4.08. The molecule has 0 aromatic carbocycles. The lowest BCUT2D eigenvalue weighted by Crippen LogP contribution is -2.26. The molecular weight excluding hydrogens is 252 g/mol. The van der Waals surface area contributed by atoms with E-state index >= 15 is 0 Å². The number of halogens is 1. The van der Waals surface area contributed by atoms with E-state index in [4.69, 9.17) is 10.8 Å². The number of aliphatic hydroxyl groups is 1. The molecule has 0 aliphatic rings. The Kier molecular flexibility index (Phi) is 4.72. The molecule has 72 valence electrons. The summed E-state index contributed by atoms with van der Waals surface area (Å²) in [6.07, 6.45) is 1.74. The summed E-state index contributed by atoms with van der Waals surface area (Å²) < 4.78 is 0.961. The van der Waals surface area contributed by atoms with Gasteiger partial charge in [-0.25, -0.2) is 4.98 Å². The summed E-state index contributed by atoms with van der Waals surface area (Å²) in [7, 11) is 0. The number of thioether (sulfide) groups is 1. The van der Waals surface area contributed by atoms with Gasteiger partial charge in [-0.05, 0) is 28.1 Å². The molecule has 5 heteroatoms. The quantitative estimate of drug-likeness (QED) is 0.803. The fourth-order valence-electron chi connectivity index (χ4n) is 0.693. The van der Waals surface area contributed by atoms with Gasteiger partial charge >= 0.3 is 0 Å². The summed E-state index contributed by atoms with van der Waals surface area (Å²) in [5.74, 6) is 0.686. The molecule has 13 heavy (non-hydrogen) atoms. The smallest absolute Gasteiger partial charge is 0.0961 e.